The lowest BCUT2D eigenvalue weighted by molar-refractivity contribution is 0.582. The highest BCUT2D eigenvalue weighted by atomic mass is 28.3. The van der Waals surface area contributed by atoms with Gasteiger partial charge in [-0.2, -0.15) is 0 Å². The zero-order valence-corrected chi connectivity index (χ0v) is 8.43. The summed E-state index contributed by atoms with van der Waals surface area (Å²) >= 11 is 0. The van der Waals surface area contributed by atoms with E-state index in [-0.39, 0.29) is 0 Å². The molecule has 1 aromatic rings. The lowest BCUT2D eigenvalue weighted by atomic mass is 10.2. The Labute approximate surface area is 75.1 Å². The van der Waals surface area contributed by atoms with Gasteiger partial charge in [-0.3, -0.25) is 0 Å². The Hall–Kier alpha value is -0.863. The number of rotatable bonds is 3. The summed E-state index contributed by atoms with van der Waals surface area (Å²) in [6.45, 7) is 1.93. The fraction of sp³-hybridized carbons (Fsp3) is 0.200. The van der Waals surface area contributed by atoms with Crippen LogP contribution in [0.15, 0.2) is 36.4 Å². The highest BCUT2D eigenvalue weighted by molar-refractivity contribution is 6.49. The van der Waals surface area contributed by atoms with Gasteiger partial charge < -0.3 is 4.80 Å². The van der Waals surface area contributed by atoms with Crippen LogP contribution in [0.1, 0.15) is 5.56 Å². The summed E-state index contributed by atoms with van der Waals surface area (Å²) in [6.07, 6.45) is 4.10. The van der Waals surface area contributed by atoms with E-state index in [1.165, 1.54) is 5.56 Å². The van der Waals surface area contributed by atoms with Crippen molar-refractivity contribution in [2.45, 2.75) is 12.6 Å². The molecule has 0 radical (unpaired) electrons. The van der Waals surface area contributed by atoms with Crippen molar-refractivity contribution in [3.05, 3.63) is 42.0 Å². The topological polar surface area (TPSA) is 20.2 Å². The third-order valence-electron chi connectivity index (χ3n) is 1.59. The molecule has 0 spiro atoms. The molecule has 1 unspecified atom stereocenters. The second-order valence-electron chi connectivity index (χ2n) is 2.90. The quantitative estimate of drug-likeness (QED) is 0.702. The zero-order chi connectivity index (χ0) is 8.81. The van der Waals surface area contributed by atoms with Crippen molar-refractivity contribution in [3.8, 4) is 0 Å². The van der Waals surface area contributed by atoms with Gasteiger partial charge in [0.2, 0.25) is 0 Å². The van der Waals surface area contributed by atoms with Crippen molar-refractivity contribution < 1.29 is 4.80 Å². The van der Waals surface area contributed by atoms with Crippen molar-refractivity contribution in [1.29, 1.82) is 0 Å². The van der Waals surface area contributed by atoms with Crippen LogP contribution in [0.3, 0.4) is 0 Å². The van der Waals surface area contributed by atoms with Gasteiger partial charge in [-0.15, -0.1) is 0 Å². The normalized spacial score (nSPS) is 13.5. The Balaban J connectivity index is 2.47. The summed E-state index contributed by atoms with van der Waals surface area (Å²) in [5, 5.41) is 0. The number of hydrogen-bond donors (Lipinski definition) is 1. The molecule has 1 aromatic carbocycles. The van der Waals surface area contributed by atoms with Crippen LogP contribution < -0.4 is 0 Å². The van der Waals surface area contributed by atoms with Crippen molar-refractivity contribution in [3.63, 3.8) is 0 Å². The van der Waals surface area contributed by atoms with Crippen molar-refractivity contribution in [2.24, 2.45) is 0 Å². The van der Waals surface area contributed by atoms with Crippen LogP contribution >= 0.6 is 0 Å². The predicted octanol–water partition coefficient (Wildman–Crippen LogP) is 2.05. The van der Waals surface area contributed by atoms with Crippen molar-refractivity contribution >= 4 is 15.1 Å². The van der Waals surface area contributed by atoms with Crippen LogP contribution in [0.25, 0.3) is 6.08 Å². The molecule has 0 amide bonds. The van der Waals surface area contributed by atoms with E-state index in [1.807, 2.05) is 30.8 Å². The second-order valence-corrected chi connectivity index (χ2v) is 5.07. The molecule has 12 heavy (non-hydrogen) atoms. The van der Waals surface area contributed by atoms with Gasteiger partial charge in [0.1, 0.15) is 0 Å². The minimum atomic E-state index is -1.40. The molecule has 0 aliphatic heterocycles. The minimum absolute atomic E-state index is 0.856. The molecule has 0 aliphatic rings. The lowest BCUT2D eigenvalue weighted by Crippen LogP contribution is -2.01. The van der Waals surface area contributed by atoms with Gasteiger partial charge >= 0.3 is 0 Å². The molecule has 1 N–H and O–H groups in total. The standard InChI is InChI=1S/C10H14OSi/c1-12(11)9-5-8-10-6-3-2-4-7-10/h2-8,11-12H,9H2,1H3. The van der Waals surface area contributed by atoms with Gasteiger partial charge in [0.25, 0.3) is 0 Å². The van der Waals surface area contributed by atoms with Crippen LogP contribution in [0, 0.1) is 0 Å². The van der Waals surface area contributed by atoms with Gasteiger partial charge in [0, 0.05) is 0 Å². The summed E-state index contributed by atoms with van der Waals surface area (Å²) < 4.78 is 0. The third kappa shape index (κ3) is 3.51. The van der Waals surface area contributed by atoms with Crippen LogP contribution in [-0.4, -0.2) is 13.8 Å². The average molecular weight is 178 g/mol. The van der Waals surface area contributed by atoms with E-state index in [9.17, 15) is 0 Å². The lowest BCUT2D eigenvalue weighted by Gasteiger charge is -1.94. The first-order valence-electron chi connectivity index (χ1n) is 4.18. The minimum Gasteiger partial charge on any atom is -0.435 e. The zero-order valence-electron chi connectivity index (χ0n) is 7.27. The SMILES string of the molecule is C[SiH](O)CC=Cc1ccccc1. The molecular weight excluding hydrogens is 164 g/mol. The highest BCUT2D eigenvalue weighted by Gasteiger charge is 1.91. The summed E-state index contributed by atoms with van der Waals surface area (Å²) in [4.78, 5) is 9.12. The molecule has 64 valence electrons. The van der Waals surface area contributed by atoms with Crippen LogP contribution in [0.5, 0.6) is 0 Å². The van der Waals surface area contributed by atoms with Crippen molar-refractivity contribution in [2.75, 3.05) is 0 Å². The number of hydrogen-bond acceptors (Lipinski definition) is 1. The maximum absolute atomic E-state index is 9.12. The summed E-state index contributed by atoms with van der Waals surface area (Å²) in [6, 6.07) is 11.0. The van der Waals surface area contributed by atoms with Crippen LogP contribution in [-0.2, 0) is 0 Å². The molecule has 0 saturated carbocycles. The smallest absolute Gasteiger partial charge is 0.173 e. The van der Waals surface area contributed by atoms with Crippen LogP contribution in [0.2, 0.25) is 12.6 Å². The predicted molar refractivity (Wildman–Crippen MR) is 55.5 cm³/mol. The molecule has 0 aromatic heterocycles. The average Bonchev–Trinajstić information content (AvgIpc) is 2.05. The first kappa shape index (κ1) is 9.23. The van der Waals surface area contributed by atoms with Gasteiger partial charge in [-0.25, -0.2) is 0 Å². The molecule has 0 fully saturated rings. The monoisotopic (exact) mass is 178 g/mol. The molecule has 0 saturated heterocycles. The highest BCUT2D eigenvalue weighted by Crippen LogP contribution is 2.02. The third-order valence-corrected chi connectivity index (χ3v) is 2.54. The summed E-state index contributed by atoms with van der Waals surface area (Å²) in [7, 11) is -1.40. The molecule has 0 heterocycles. The van der Waals surface area contributed by atoms with Gasteiger partial charge in [-0.05, 0) is 18.2 Å². The summed E-state index contributed by atoms with van der Waals surface area (Å²) in [5.74, 6) is 0. The fourth-order valence-corrected chi connectivity index (χ4v) is 1.50. The molecule has 2 heteroatoms. The van der Waals surface area contributed by atoms with E-state index >= 15 is 0 Å². The first-order valence-corrected chi connectivity index (χ1v) is 6.67. The van der Waals surface area contributed by atoms with Gasteiger partial charge in [0.15, 0.2) is 9.04 Å². The molecule has 0 bridgehead atoms. The Morgan fingerprint density at radius 2 is 2.00 bits per heavy atom. The maximum Gasteiger partial charge on any atom is 0.173 e. The Kier molecular flexibility index (Phi) is 3.77. The van der Waals surface area contributed by atoms with Crippen LogP contribution in [0.4, 0.5) is 0 Å². The van der Waals surface area contributed by atoms with E-state index in [2.05, 4.69) is 18.2 Å². The largest absolute Gasteiger partial charge is 0.435 e. The Morgan fingerprint density at radius 3 is 2.58 bits per heavy atom. The van der Waals surface area contributed by atoms with E-state index < -0.39 is 9.04 Å². The first-order chi connectivity index (χ1) is 5.79. The van der Waals surface area contributed by atoms with E-state index in [4.69, 9.17) is 4.80 Å². The maximum atomic E-state index is 9.12. The molecular formula is C10H14OSi. The van der Waals surface area contributed by atoms with Gasteiger partial charge in [0.05, 0.1) is 0 Å². The Morgan fingerprint density at radius 1 is 1.33 bits per heavy atom. The van der Waals surface area contributed by atoms with Gasteiger partial charge in [-0.1, -0.05) is 42.5 Å². The fourth-order valence-electron chi connectivity index (χ4n) is 0.965. The second kappa shape index (κ2) is 4.90. The molecule has 0 aliphatic carbocycles. The summed E-state index contributed by atoms with van der Waals surface area (Å²) in [5.41, 5.74) is 1.20. The van der Waals surface area contributed by atoms with E-state index in [1.54, 1.807) is 0 Å². The van der Waals surface area contributed by atoms with E-state index in [0.29, 0.717) is 0 Å². The molecule has 1 nitrogen and oxygen atoms in total. The molecule has 1 rings (SSSR count). The molecule has 1 atom stereocenters. The number of allylic oxidation sites excluding steroid dienone is 1. The van der Waals surface area contributed by atoms with Crippen molar-refractivity contribution in [1.82, 2.24) is 0 Å². The Bertz CT molecular complexity index is 241. The van der Waals surface area contributed by atoms with E-state index in [0.717, 1.165) is 6.04 Å². The number of benzene rings is 1.